The number of anilines is 1. The summed E-state index contributed by atoms with van der Waals surface area (Å²) in [6.45, 7) is 2.11. The van der Waals surface area contributed by atoms with E-state index in [1.807, 2.05) is 36.2 Å². The molecule has 0 saturated carbocycles. The Labute approximate surface area is 124 Å². The molecule has 4 heteroatoms. The van der Waals surface area contributed by atoms with Crippen LogP contribution in [0, 0.1) is 5.82 Å². The third kappa shape index (κ3) is 3.34. The summed E-state index contributed by atoms with van der Waals surface area (Å²) in [5.41, 5.74) is 2.14. The molecule has 0 amide bonds. The highest BCUT2D eigenvalue weighted by molar-refractivity contribution is 5.60. The predicted octanol–water partition coefficient (Wildman–Crippen LogP) is 3.52. The molecule has 0 spiro atoms. The topological polar surface area (TPSA) is 32.7 Å². The highest BCUT2D eigenvalue weighted by Gasteiger charge is 2.17. The highest BCUT2D eigenvalue weighted by atomic mass is 19.1. The molecule has 2 aromatic rings. The predicted molar refractivity (Wildman–Crippen MR) is 82.1 cm³/mol. The van der Waals surface area contributed by atoms with E-state index in [0.717, 1.165) is 5.69 Å². The number of halogens is 1. The maximum absolute atomic E-state index is 13.8. The van der Waals surface area contributed by atoms with Gasteiger partial charge >= 0.3 is 0 Å². The van der Waals surface area contributed by atoms with E-state index in [2.05, 4.69) is 0 Å². The van der Waals surface area contributed by atoms with Crippen LogP contribution in [0.25, 0.3) is 0 Å². The Morgan fingerprint density at radius 1 is 1.19 bits per heavy atom. The minimum atomic E-state index is -0.667. The standard InChI is InChI=1S/C17H20FNO2/c1-12(20)17-15(9-6-10-16(17)21-3)19(2)11-13-7-4-5-8-14(13)18/h4-10,12,20H,11H2,1-3H3/t12-/m1/s1. The van der Waals surface area contributed by atoms with Crippen molar-refractivity contribution >= 4 is 5.69 Å². The summed E-state index contributed by atoms with van der Waals surface area (Å²) in [7, 11) is 3.44. The van der Waals surface area contributed by atoms with Gasteiger partial charge < -0.3 is 14.7 Å². The first-order chi connectivity index (χ1) is 10.0. The van der Waals surface area contributed by atoms with E-state index >= 15 is 0 Å². The quantitative estimate of drug-likeness (QED) is 0.914. The zero-order valence-electron chi connectivity index (χ0n) is 12.5. The van der Waals surface area contributed by atoms with E-state index < -0.39 is 6.10 Å². The van der Waals surface area contributed by atoms with Crippen molar-refractivity contribution in [2.45, 2.75) is 19.6 Å². The number of ether oxygens (including phenoxy) is 1. The molecule has 2 aromatic carbocycles. The maximum Gasteiger partial charge on any atom is 0.128 e. The van der Waals surface area contributed by atoms with Gasteiger partial charge in [-0.25, -0.2) is 4.39 Å². The van der Waals surface area contributed by atoms with Crippen molar-refractivity contribution < 1.29 is 14.2 Å². The molecular weight excluding hydrogens is 269 g/mol. The number of aliphatic hydroxyl groups is 1. The molecule has 0 aromatic heterocycles. The number of aliphatic hydroxyl groups excluding tert-OH is 1. The molecule has 0 heterocycles. The van der Waals surface area contributed by atoms with Gasteiger partial charge in [-0.3, -0.25) is 0 Å². The van der Waals surface area contributed by atoms with Crippen molar-refractivity contribution in [1.82, 2.24) is 0 Å². The normalized spacial score (nSPS) is 12.0. The Morgan fingerprint density at radius 2 is 1.90 bits per heavy atom. The molecule has 0 radical (unpaired) electrons. The zero-order valence-corrected chi connectivity index (χ0v) is 12.5. The van der Waals surface area contributed by atoms with Gasteiger partial charge in [-0.05, 0) is 25.1 Å². The van der Waals surface area contributed by atoms with Crippen molar-refractivity contribution in [2.75, 3.05) is 19.1 Å². The Bertz CT molecular complexity index is 613. The van der Waals surface area contributed by atoms with Crippen LogP contribution >= 0.6 is 0 Å². The van der Waals surface area contributed by atoms with Gasteiger partial charge in [0.1, 0.15) is 11.6 Å². The molecule has 0 saturated heterocycles. The number of hydrogen-bond acceptors (Lipinski definition) is 3. The minimum Gasteiger partial charge on any atom is -0.496 e. The third-order valence-electron chi connectivity index (χ3n) is 3.46. The fraction of sp³-hybridized carbons (Fsp3) is 0.294. The molecule has 112 valence electrons. The lowest BCUT2D eigenvalue weighted by Gasteiger charge is -2.25. The first-order valence-corrected chi connectivity index (χ1v) is 6.84. The Balaban J connectivity index is 2.35. The van der Waals surface area contributed by atoms with Crippen LogP contribution in [-0.2, 0) is 6.54 Å². The summed E-state index contributed by atoms with van der Waals surface area (Å²) >= 11 is 0. The molecule has 0 unspecified atom stereocenters. The van der Waals surface area contributed by atoms with Crippen molar-refractivity contribution in [2.24, 2.45) is 0 Å². The van der Waals surface area contributed by atoms with E-state index in [1.165, 1.54) is 6.07 Å². The second-order valence-electron chi connectivity index (χ2n) is 5.02. The number of benzene rings is 2. The van der Waals surface area contributed by atoms with Gasteiger partial charge in [-0.1, -0.05) is 24.3 Å². The van der Waals surface area contributed by atoms with Gasteiger partial charge in [-0.2, -0.15) is 0 Å². The fourth-order valence-electron chi connectivity index (χ4n) is 2.43. The van der Waals surface area contributed by atoms with Crippen LogP contribution in [0.15, 0.2) is 42.5 Å². The minimum absolute atomic E-state index is 0.231. The van der Waals surface area contributed by atoms with Gasteiger partial charge in [0, 0.05) is 30.4 Å². The largest absolute Gasteiger partial charge is 0.496 e. The van der Waals surface area contributed by atoms with E-state index in [4.69, 9.17) is 4.74 Å². The van der Waals surface area contributed by atoms with Gasteiger partial charge in [0.2, 0.25) is 0 Å². The monoisotopic (exact) mass is 289 g/mol. The Morgan fingerprint density at radius 3 is 2.52 bits per heavy atom. The van der Waals surface area contributed by atoms with Crippen LogP contribution in [0.1, 0.15) is 24.2 Å². The Hall–Kier alpha value is -2.07. The number of hydrogen-bond donors (Lipinski definition) is 1. The summed E-state index contributed by atoms with van der Waals surface area (Å²) in [6.07, 6.45) is -0.667. The van der Waals surface area contributed by atoms with Crippen molar-refractivity contribution in [3.63, 3.8) is 0 Å². The Kier molecular flexibility index (Phi) is 4.81. The van der Waals surface area contributed by atoms with Crippen LogP contribution < -0.4 is 9.64 Å². The average Bonchev–Trinajstić information content (AvgIpc) is 2.48. The number of nitrogens with zero attached hydrogens (tertiary/aromatic N) is 1. The summed E-state index contributed by atoms with van der Waals surface area (Å²) in [5, 5.41) is 10.0. The lowest BCUT2D eigenvalue weighted by molar-refractivity contribution is 0.194. The second-order valence-corrected chi connectivity index (χ2v) is 5.02. The third-order valence-corrected chi connectivity index (χ3v) is 3.46. The molecule has 1 atom stereocenters. The molecular formula is C17H20FNO2. The van der Waals surface area contributed by atoms with E-state index in [-0.39, 0.29) is 5.82 Å². The van der Waals surface area contributed by atoms with E-state index in [9.17, 15) is 9.50 Å². The first-order valence-electron chi connectivity index (χ1n) is 6.84. The molecule has 21 heavy (non-hydrogen) atoms. The van der Waals surface area contributed by atoms with Gasteiger partial charge in [-0.15, -0.1) is 0 Å². The van der Waals surface area contributed by atoms with Crippen LogP contribution in [0.5, 0.6) is 5.75 Å². The summed E-state index contributed by atoms with van der Waals surface area (Å²) < 4.78 is 19.1. The molecule has 0 aliphatic carbocycles. The van der Waals surface area contributed by atoms with Crippen LogP contribution in [0.2, 0.25) is 0 Å². The first kappa shape index (κ1) is 15.3. The van der Waals surface area contributed by atoms with Crippen LogP contribution in [0.4, 0.5) is 10.1 Å². The average molecular weight is 289 g/mol. The smallest absolute Gasteiger partial charge is 0.128 e. The molecule has 3 nitrogen and oxygen atoms in total. The molecule has 1 N–H and O–H groups in total. The fourth-order valence-corrected chi connectivity index (χ4v) is 2.43. The summed E-state index contributed by atoms with van der Waals surface area (Å²) in [6, 6.07) is 12.3. The lowest BCUT2D eigenvalue weighted by Crippen LogP contribution is -2.19. The second kappa shape index (κ2) is 6.59. The highest BCUT2D eigenvalue weighted by Crippen LogP contribution is 2.34. The van der Waals surface area contributed by atoms with Gasteiger partial charge in [0.05, 0.1) is 13.2 Å². The zero-order chi connectivity index (χ0) is 15.4. The SMILES string of the molecule is COc1cccc(N(C)Cc2ccccc2F)c1[C@@H](C)O. The lowest BCUT2D eigenvalue weighted by atomic mass is 10.1. The molecule has 0 fully saturated rings. The van der Waals surface area contributed by atoms with Crippen molar-refractivity contribution in [1.29, 1.82) is 0 Å². The number of rotatable bonds is 5. The van der Waals surface area contributed by atoms with Gasteiger partial charge in [0.25, 0.3) is 0 Å². The summed E-state index contributed by atoms with van der Waals surface area (Å²) in [4.78, 5) is 1.91. The molecule has 0 aliphatic rings. The molecule has 0 bridgehead atoms. The van der Waals surface area contributed by atoms with Crippen molar-refractivity contribution in [3.05, 3.63) is 59.4 Å². The molecule has 0 aliphatic heterocycles. The van der Waals surface area contributed by atoms with Crippen LogP contribution in [0.3, 0.4) is 0 Å². The van der Waals surface area contributed by atoms with E-state index in [1.54, 1.807) is 26.2 Å². The van der Waals surface area contributed by atoms with Gasteiger partial charge in [0.15, 0.2) is 0 Å². The summed E-state index contributed by atoms with van der Waals surface area (Å²) in [5.74, 6) is 0.397. The van der Waals surface area contributed by atoms with E-state index in [0.29, 0.717) is 23.4 Å². The maximum atomic E-state index is 13.8. The van der Waals surface area contributed by atoms with Crippen molar-refractivity contribution in [3.8, 4) is 5.75 Å². The number of methoxy groups -OCH3 is 1. The van der Waals surface area contributed by atoms with Crippen LogP contribution in [-0.4, -0.2) is 19.3 Å². The molecule has 2 rings (SSSR count).